The van der Waals surface area contributed by atoms with Crippen LogP contribution in [0.3, 0.4) is 0 Å². The van der Waals surface area contributed by atoms with E-state index in [1.165, 1.54) is 19.2 Å². The third-order valence-corrected chi connectivity index (χ3v) is 3.70. The van der Waals surface area contributed by atoms with Gasteiger partial charge in [0, 0.05) is 19.3 Å². The fraction of sp³-hybridized carbons (Fsp3) is 0.188. The van der Waals surface area contributed by atoms with E-state index in [1.54, 1.807) is 18.0 Å². The fourth-order valence-corrected chi connectivity index (χ4v) is 2.65. The van der Waals surface area contributed by atoms with Gasteiger partial charge in [0.25, 0.3) is 5.91 Å². The average Bonchev–Trinajstić information content (AvgIpc) is 2.54. The van der Waals surface area contributed by atoms with Gasteiger partial charge in [0.2, 0.25) is 0 Å². The molecule has 0 bridgehead atoms. The highest BCUT2D eigenvalue weighted by Gasteiger charge is 2.25. The number of hydrogen-bond donors (Lipinski definition) is 1. The molecule has 2 aromatic carbocycles. The number of nitrogen functional groups attached to an aromatic ring is 1. The first-order chi connectivity index (χ1) is 10.0. The van der Waals surface area contributed by atoms with E-state index in [4.69, 9.17) is 10.5 Å². The highest BCUT2D eigenvalue weighted by Crippen LogP contribution is 2.36. The lowest BCUT2D eigenvalue weighted by atomic mass is 9.95. The average molecular weight is 286 g/mol. The highest BCUT2D eigenvalue weighted by atomic mass is 19.1. The summed E-state index contributed by atoms with van der Waals surface area (Å²) in [5.41, 5.74) is 9.14. The molecule has 21 heavy (non-hydrogen) atoms. The largest absolute Gasteiger partial charge is 0.494 e. The van der Waals surface area contributed by atoms with E-state index in [2.05, 4.69) is 0 Å². The summed E-state index contributed by atoms with van der Waals surface area (Å²) in [6.45, 7) is 0.428. The second kappa shape index (κ2) is 4.77. The van der Waals surface area contributed by atoms with Crippen molar-refractivity contribution in [1.82, 2.24) is 4.90 Å². The van der Waals surface area contributed by atoms with E-state index in [0.717, 1.165) is 11.1 Å². The first kappa shape index (κ1) is 13.4. The summed E-state index contributed by atoms with van der Waals surface area (Å²) in [7, 11) is 3.09. The number of carbonyl (C=O) groups is 1. The molecule has 3 rings (SSSR count). The molecule has 0 unspecified atom stereocenters. The van der Waals surface area contributed by atoms with Gasteiger partial charge in [0.05, 0.1) is 12.7 Å². The van der Waals surface area contributed by atoms with Crippen molar-refractivity contribution in [3.8, 4) is 16.9 Å². The van der Waals surface area contributed by atoms with Gasteiger partial charge in [-0.2, -0.15) is 0 Å². The molecule has 1 amide bonds. The Morgan fingerprint density at radius 1 is 1.19 bits per heavy atom. The van der Waals surface area contributed by atoms with Gasteiger partial charge in [-0.3, -0.25) is 4.79 Å². The molecule has 2 N–H and O–H groups in total. The van der Waals surface area contributed by atoms with Gasteiger partial charge in [0.1, 0.15) is 0 Å². The second-order valence-electron chi connectivity index (χ2n) is 5.11. The summed E-state index contributed by atoms with van der Waals surface area (Å²) in [6, 6.07) is 8.19. The Labute approximate surface area is 121 Å². The van der Waals surface area contributed by atoms with E-state index < -0.39 is 5.82 Å². The quantitative estimate of drug-likeness (QED) is 0.820. The molecule has 0 spiro atoms. The van der Waals surface area contributed by atoms with E-state index in [0.29, 0.717) is 23.4 Å². The Hall–Kier alpha value is -2.56. The molecular weight excluding hydrogens is 271 g/mol. The fourth-order valence-electron chi connectivity index (χ4n) is 2.65. The lowest BCUT2D eigenvalue weighted by Gasteiger charge is -2.15. The number of nitrogens with two attached hydrogens (primary N) is 1. The molecule has 0 saturated carbocycles. The summed E-state index contributed by atoms with van der Waals surface area (Å²) >= 11 is 0. The summed E-state index contributed by atoms with van der Waals surface area (Å²) < 4.78 is 19.0. The Balaban J connectivity index is 2.33. The molecule has 0 fully saturated rings. The van der Waals surface area contributed by atoms with Crippen LogP contribution in [0.5, 0.6) is 5.75 Å². The van der Waals surface area contributed by atoms with Crippen LogP contribution in [0.2, 0.25) is 0 Å². The van der Waals surface area contributed by atoms with Gasteiger partial charge in [-0.1, -0.05) is 6.07 Å². The Morgan fingerprint density at radius 3 is 2.67 bits per heavy atom. The number of nitrogens with zero attached hydrogens (tertiary/aromatic N) is 1. The SMILES string of the molecule is COc1cc2c(cc1F)-c1ccc(N)cc1CN(C)C2=O. The van der Waals surface area contributed by atoms with Gasteiger partial charge in [-0.05, 0) is 41.0 Å². The van der Waals surface area contributed by atoms with Crippen LogP contribution in [-0.2, 0) is 6.54 Å². The van der Waals surface area contributed by atoms with Crippen molar-refractivity contribution >= 4 is 11.6 Å². The smallest absolute Gasteiger partial charge is 0.254 e. The molecule has 4 nitrogen and oxygen atoms in total. The minimum absolute atomic E-state index is 0.0643. The van der Waals surface area contributed by atoms with Crippen molar-refractivity contribution in [3.63, 3.8) is 0 Å². The zero-order valence-electron chi connectivity index (χ0n) is 11.8. The summed E-state index contributed by atoms with van der Waals surface area (Å²) in [4.78, 5) is 14.1. The van der Waals surface area contributed by atoms with Gasteiger partial charge in [0.15, 0.2) is 11.6 Å². The summed E-state index contributed by atoms with van der Waals surface area (Å²) in [5, 5.41) is 0. The number of carbonyl (C=O) groups excluding carboxylic acids is 1. The van der Waals surface area contributed by atoms with E-state index in [9.17, 15) is 9.18 Å². The van der Waals surface area contributed by atoms with E-state index in [1.807, 2.05) is 12.1 Å². The first-order valence-corrected chi connectivity index (χ1v) is 6.53. The maximum absolute atomic E-state index is 14.0. The van der Waals surface area contributed by atoms with Gasteiger partial charge in [-0.15, -0.1) is 0 Å². The minimum Gasteiger partial charge on any atom is -0.494 e. The normalized spacial score (nSPS) is 13.5. The number of anilines is 1. The third kappa shape index (κ3) is 2.11. The molecule has 0 aromatic heterocycles. The molecule has 1 heterocycles. The van der Waals surface area contributed by atoms with Crippen molar-refractivity contribution in [1.29, 1.82) is 0 Å². The molecule has 0 aliphatic carbocycles. The predicted molar refractivity (Wildman–Crippen MR) is 78.6 cm³/mol. The van der Waals surface area contributed by atoms with Crippen molar-refractivity contribution in [3.05, 3.63) is 47.3 Å². The number of benzene rings is 2. The second-order valence-corrected chi connectivity index (χ2v) is 5.11. The molecule has 1 aliphatic heterocycles. The number of rotatable bonds is 1. The molecule has 2 aromatic rings. The van der Waals surface area contributed by atoms with Crippen LogP contribution >= 0.6 is 0 Å². The molecule has 0 atom stereocenters. The molecular formula is C16H15FN2O2. The zero-order chi connectivity index (χ0) is 15.1. The van der Waals surface area contributed by atoms with Gasteiger partial charge < -0.3 is 15.4 Å². The monoisotopic (exact) mass is 286 g/mol. The number of methoxy groups -OCH3 is 1. The number of hydrogen-bond acceptors (Lipinski definition) is 3. The lowest BCUT2D eigenvalue weighted by Crippen LogP contribution is -2.25. The van der Waals surface area contributed by atoms with Crippen molar-refractivity contribution in [2.45, 2.75) is 6.54 Å². The predicted octanol–water partition coefficient (Wildman–Crippen LogP) is 2.67. The Bertz CT molecular complexity index is 743. The first-order valence-electron chi connectivity index (χ1n) is 6.53. The van der Waals surface area contributed by atoms with Crippen LogP contribution in [0.4, 0.5) is 10.1 Å². The number of ether oxygens (including phenoxy) is 1. The number of fused-ring (bicyclic) bond motifs is 3. The van der Waals surface area contributed by atoms with Crippen LogP contribution in [0.15, 0.2) is 30.3 Å². The maximum Gasteiger partial charge on any atom is 0.254 e. The molecule has 5 heteroatoms. The number of amides is 1. The van der Waals surface area contributed by atoms with E-state index >= 15 is 0 Å². The molecule has 108 valence electrons. The van der Waals surface area contributed by atoms with Crippen molar-refractivity contribution in [2.75, 3.05) is 19.9 Å². The standard InChI is InChI=1S/C16H15FN2O2/c1-19-8-9-5-10(18)3-4-11(9)12-6-14(17)15(21-2)7-13(12)16(19)20/h3-7H,8,18H2,1-2H3. The van der Waals surface area contributed by atoms with Crippen molar-refractivity contribution in [2.24, 2.45) is 0 Å². The maximum atomic E-state index is 14.0. The summed E-state index contributed by atoms with van der Waals surface area (Å²) in [5.74, 6) is -0.594. The summed E-state index contributed by atoms with van der Waals surface area (Å²) in [6.07, 6.45) is 0. The van der Waals surface area contributed by atoms with Crippen LogP contribution in [0.25, 0.3) is 11.1 Å². The lowest BCUT2D eigenvalue weighted by molar-refractivity contribution is 0.0788. The Kier molecular flexibility index (Phi) is 3.05. The van der Waals surface area contributed by atoms with Crippen LogP contribution in [0, 0.1) is 5.82 Å². The van der Waals surface area contributed by atoms with Gasteiger partial charge >= 0.3 is 0 Å². The Morgan fingerprint density at radius 2 is 1.95 bits per heavy atom. The van der Waals surface area contributed by atoms with Crippen LogP contribution < -0.4 is 10.5 Å². The number of halogens is 1. The zero-order valence-corrected chi connectivity index (χ0v) is 11.8. The third-order valence-electron chi connectivity index (χ3n) is 3.70. The van der Waals surface area contributed by atoms with Crippen LogP contribution in [0.1, 0.15) is 15.9 Å². The van der Waals surface area contributed by atoms with Crippen molar-refractivity contribution < 1.29 is 13.9 Å². The van der Waals surface area contributed by atoms with E-state index in [-0.39, 0.29) is 11.7 Å². The molecule has 1 aliphatic rings. The molecule has 0 radical (unpaired) electrons. The van der Waals surface area contributed by atoms with Crippen LogP contribution in [-0.4, -0.2) is 25.0 Å². The highest BCUT2D eigenvalue weighted by molar-refractivity contribution is 6.02. The topological polar surface area (TPSA) is 55.6 Å². The van der Waals surface area contributed by atoms with Gasteiger partial charge in [-0.25, -0.2) is 4.39 Å². The minimum atomic E-state index is -0.489. The molecule has 0 saturated heterocycles.